The third kappa shape index (κ3) is 5.29. The molecule has 0 radical (unpaired) electrons. The van der Waals surface area contributed by atoms with Crippen LogP contribution in [0, 0.1) is 12.8 Å². The van der Waals surface area contributed by atoms with Crippen molar-refractivity contribution in [1.82, 2.24) is 4.31 Å². The zero-order valence-corrected chi connectivity index (χ0v) is 18.1. The highest BCUT2D eigenvalue weighted by molar-refractivity contribution is 7.88. The van der Waals surface area contributed by atoms with Crippen LogP contribution < -0.4 is 10.1 Å². The molecule has 1 heterocycles. The Morgan fingerprint density at radius 3 is 2.76 bits per heavy atom. The van der Waals surface area contributed by atoms with Gasteiger partial charge in [-0.15, -0.1) is 0 Å². The number of hydrogen-bond donors (Lipinski definition) is 1. The zero-order chi connectivity index (χ0) is 21.0. The van der Waals surface area contributed by atoms with Gasteiger partial charge >= 0.3 is 0 Å². The molecule has 1 amide bonds. The molecule has 0 bridgehead atoms. The van der Waals surface area contributed by atoms with E-state index in [1.807, 2.05) is 31.2 Å². The van der Waals surface area contributed by atoms with Gasteiger partial charge in [0, 0.05) is 18.1 Å². The summed E-state index contributed by atoms with van der Waals surface area (Å²) < 4.78 is 32.6. The number of anilines is 1. The van der Waals surface area contributed by atoms with Crippen LogP contribution in [0.2, 0.25) is 5.02 Å². The monoisotopic (exact) mass is 436 g/mol. The van der Waals surface area contributed by atoms with Crippen LogP contribution >= 0.6 is 11.6 Å². The van der Waals surface area contributed by atoms with Crippen molar-refractivity contribution in [3.63, 3.8) is 0 Å². The molecular weight excluding hydrogens is 412 g/mol. The maximum atomic E-state index is 12.9. The minimum Gasteiger partial charge on any atom is -0.495 e. The van der Waals surface area contributed by atoms with Gasteiger partial charge in [-0.25, -0.2) is 12.7 Å². The number of hydrogen-bond acceptors (Lipinski definition) is 4. The van der Waals surface area contributed by atoms with Crippen molar-refractivity contribution < 1.29 is 17.9 Å². The number of carbonyl (C=O) groups is 1. The van der Waals surface area contributed by atoms with Crippen LogP contribution in [0.15, 0.2) is 42.5 Å². The molecule has 1 aliphatic rings. The fourth-order valence-electron chi connectivity index (χ4n) is 3.48. The van der Waals surface area contributed by atoms with Crippen LogP contribution in [0.4, 0.5) is 5.69 Å². The molecule has 1 unspecified atom stereocenters. The molecule has 8 heteroatoms. The average Bonchev–Trinajstić information content (AvgIpc) is 2.70. The number of ether oxygens (including phenoxy) is 1. The van der Waals surface area contributed by atoms with E-state index in [-0.39, 0.29) is 18.2 Å². The molecule has 29 heavy (non-hydrogen) atoms. The Bertz CT molecular complexity index is 994. The van der Waals surface area contributed by atoms with E-state index in [0.29, 0.717) is 35.8 Å². The Balaban J connectivity index is 1.71. The number of rotatable bonds is 6. The zero-order valence-electron chi connectivity index (χ0n) is 16.5. The summed E-state index contributed by atoms with van der Waals surface area (Å²) in [6, 6.07) is 12.4. The fourth-order valence-corrected chi connectivity index (χ4v) is 5.37. The molecule has 156 valence electrons. The molecule has 1 saturated heterocycles. The molecule has 0 saturated carbocycles. The largest absolute Gasteiger partial charge is 0.495 e. The lowest BCUT2D eigenvalue weighted by atomic mass is 9.98. The fraction of sp³-hybridized carbons (Fsp3) is 0.381. The first-order chi connectivity index (χ1) is 13.8. The van der Waals surface area contributed by atoms with E-state index in [9.17, 15) is 13.2 Å². The number of carbonyl (C=O) groups excluding carboxylic acids is 1. The van der Waals surface area contributed by atoms with Crippen molar-refractivity contribution in [2.75, 3.05) is 25.5 Å². The van der Waals surface area contributed by atoms with E-state index in [1.165, 1.54) is 11.4 Å². The summed E-state index contributed by atoms with van der Waals surface area (Å²) in [6.45, 7) is 2.50. The van der Waals surface area contributed by atoms with E-state index in [4.69, 9.17) is 16.3 Å². The van der Waals surface area contributed by atoms with Gasteiger partial charge < -0.3 is 10.1 Å². The first-order valence-electron chi connectivity index (χ1n) is 9.47. The Morgan fingerprint density at radius 1 is 1.28 bits per heavy atom. The smallest absolute Gasteiger partial charge is 0.228 e. The van der Waals surface area contributed by atoms with Gasteiger partial charge in [-0.3, -0.25) is 4.79 Å². The van der Waals surface area contributed by atoms with Crippen LogP contribution in [-0.4, -0.2) is 38.8 Å². The molecule has 1 fully saturated rings. The third-order valence-corrected chi connectivity index (χ3v) is 7.20. The first kappa shape index (κ1) is 21.6. The summed E-state index contributed by atoms with van der Waals surface area (Å²) in [4.78, 5) is 12.8. The second-order valence-corrected chi connectivity index (χ2v) is 9.62. The lowest BCUT2D eigenvalue weighted by Crippen LogP contribution is -2.44. The summed E-state index contributed by atoms with van der Waals surface area (Å²) in [6.07, 6.45) is 1.27. The molecule has 1 aliphatic heterocycles. The van der Waals surface area contributed by atoms with Gasteiger partial charge in [-0.2, -0.15) is 0 Å². The van der Waals surface area contributed by atoms with Crippen molar-refractivity contribution >= 4 is 33.2 Å². The van der Waals surface area contributed by atoms with Crippen molar-refractivity contribution in [2.45, 2.75) is 25.5 Å². The van der Waals surface area contributed by atoms with Crippen molar-refractivity contribution in [3.8, 4) is 5.75 Å². The molecule has 1 N–H and O–H groups in total. The first-order valence-corrected chi connectivity index (χ1v) is 11.5. The molecule has 1 atom stereocenters. The number of methoxy groups -OCH3 is 1. The molecule has 0 spiro atoms. The molecule has 0 aliphatic carbocycles. The predicted molar refractivity (Wildman–Crippen MR) is 115 cm³/mol. The highest BCUT2D eigenvalue weighted by Crippen LogP contribution is 2.29. The van der Waals surface area contributed by atoms with Crippen LogP contribution in [0.3, 0.4) is 0 Å². The SMILES string of the molecule is COc1ccc(Cl)cc1NC(=O)C1CCCN(S(=O)(=O)Cc2ccccc2C)C1. The Hall–Kier alpha value is -2.09. The average molecular weight is 437 g/mol. The summed E-state index contributed by atoms with van der Waals surface area (Å²) in [5.74, 6) is -0.223. The third-order valence-electron chi connectivity index (χ3n) is 5.17. The summed E-state index contributed by atoms with van der Waals surface area (Å²) in [5, 5.41) is 3.31. The van der Waals surface area contributed by atoms with Gasteiger partial charge in [0.1, 0.15) is 5.75 Å². The highest BCUT2D eigenvalue weighted by Gasteiger charge is 2.33. The Labute approximate surface area is 176 Å². The van der Waals surface area contributed by atoms with Gasteiger partial charge in [0.2, 0.25) is 15.9 Å². The number of benzene rings is 2. The van der Waals surface area contributed by atoms with Gasteiger partial charge in [0.05, 0.1) is 24.5 Å². The lowest BCUT2D eigenvalue weighted by Gasteiger charge is -2.31. The van der Waals surface area contributed by atoms with Crippen LogP contribution in [-0.2, 0) is 20.6 Å². The summed E-state index contributed by atoms with van der Waals surface area (Å²) in [7, 11) is -2.00. The molecule has 2 aromatic carbocycles. The minimum absolute atomic E-state index is 0.0594. The maximum Gasteiger partial charge on any atom is 0.228 e. The van der Waals surface area contributed by atoms with Gasteiger partial charge in [-0.05, 0) is 49.1 Å². The quantitative estimate of drug-likeness (QED) is 0.746. The standard InChI is InChI=1S/C21H25ClN2O4S/c1-15-6-3-4-7-17(15)14-29(26,27)24-11-5-8-16(13-24)21(25)23-19-12-18(22)9-10-20(19)28-2/h3-4,6-7,9-10,12,16H,5,8,11,13-14H2,1-2H3,(H,23,25). The highest BCUT2D eigenvalue weighted by atomic mass is 35.5. The van der Waals surface area contributed by atoms with E-state index >= 15 is 0 Å². The lowest BCUT2D eigenvalue weighted by molar-refractivity contribution is -0.120. The van der Waals surface area contributed by atoms with E-state index in [2.05, 4.69) is 5.32 Å². The number of halogens is 1. The van der Waals surface area contributed by atoms with Gasteiger partial charge in [-0.1, -0.05) is 35.9 Å². The van der Waals surface area contributed by atoms with Crippen LogP contribution in [0.1, 0.15) is 24.0 Å². The maximum absolute atomic E-state index is 12.9. The number of amides is 1. The van der Waals surface area contributed by atoms with E-state index in [1.54, 1.807) is 18.2 Å². The summed E-state index contributed by atoms with van der Waals surface area (Å²) >= 11 is 6.02. The van der Waals surface area contributed by atoms with Crippen LogP contribution in [0.25, 0.3) is 0 Å². The number of piperidine rings is 1. The van der Waals surface area contributed by atoms with E-state index in [0.717, 1.165) is 11.1 Å². The van der Waals surface area contributed by atoms with Crippen molar-refractivity contribution in [1.29, 1.82) is 0 Å². The predicted octanol–water partition coefficient (Wildman–Crippen LogP) is 3.84. The molecular formula is C21H25ClN2O4S. The molecule has 0 aromatic heterocycles. The minimum atomic E-state index is -3.51. The number of sulfonamides is 1. The van der Waals surface area contributed by atoms with Crippen molar-refractivity contribution in [2.24, 2.45) is 5.92 Å². The van der Waals surface area contributed by atoms with Gasteiger partial charge in [0.15, 0.2) is 0 Å². The number of nitrogens with one attached hydrogen (secondary N) is 1. The van der Waals surface area contributed by atoms with Gasteiger partial charge in [0.25, 0.3) is 0 Å². The van der Waals surface area contributed by atoms with E-state index < -0.39 is 15.9 Å². The Morgan fingerprint density at radius 2 is 2.03 bits per heavy atom. The number of nitrogens with zero attached hydrogens (tertiary/aromatic N) is 1. The number of aryl methyl sites for hydroxylation is 1. The Kier molecular flexibility index (Phi) is 6.82. The second kappa shape index (κ2) is 9.15. The van der Waals surface area contributed by atoms with Crippen molar-refractivity contribution in [3.05, 3.63) is 58.6 Å². The molecule has 3 rings (SSSR count). The normalized spacial score (nSPS) is 17.7. The second-order valence-electron chi connectivity index (χ2n) is 7.21. The summed E-state index contributed by atoms with van der Waals surface area (Å²) in [5.41, 5.74) is 2.20. The molecule has 6 nitrogen and oxygen atoms in total. The topological polar surface area (TPSA) is 75.7 Å². The van der Waals surface area contributed by atoms with Crippen LogP contribution in [0.5, 0.6) is 5.75 Å². The molecule has 2 aromatic rings.